The highest BCUT2D eigenvalue weighted by molar-refractivity contribution is 7.15. The van der Waals surface area contributed by atoms with Crippen molar-refractivity contribution in [2.75, 3.05) is 0 Å². The Bertz CT molecular complexity index is 122. The molecule has 0 saturated heterocycles. The number of hydrogen-bond acceptors (Lipinski definition) is 3. The van der Waals surface area contributed by atoms with E-state index in [4.69, 9.17) is 5.21 Å². The zero-order chi connectivity index (χ0) is 6.57. The number of hydrogen-bond donors (Lipinski definition) is 2. The lowest BCUT2D eigenvalue weighted by atomic mass is 10.4. The van der Waals surface area contributed by atoms with Crippen LogP contribution in [0.15, 0.2) is 5.16 Å². The quantitative estimate of drug-likeness (QED) is 0.224. The normalized spacial score (nSPS) is 11.0. The van der Waals surface area contributed by atoms with Crippen molar-refractivity contribution in [3.63, 3.8) is 0 Å². The third kappa shape index (κ3) is 1.89. The number of nitrogens with zero attached hydrogens (tertiary/aromatic N) is 1. The maximum atomic E-state index is 10.3. The Kier molecular flexibility index (Phi) is 3.12. The number of carbonyl (C=O) groups excluding carboxylic acids is 1. The van der Waals surface area contributed by atoms with Crippen LogP contribution in [0, 0.1) is 0 Å². The summed E-state index contributed by atoms with van der Waals surface area (Å²) in [6.45, 7) is 1.40. The average Bonchev–Trinajstić information content (AvgIpc) is 1.84. The molecule has 4 nitrogen and oxygen atoms in total. The van der Waals surface area contributed by atoms with Crippen molar-refractivity contribution in [1.82, 2.24) is 5.09 Å². The molecular formula is C3H7N2O2P. The van der Waals surface area contributed by atoms with Gasteiger partial charge in [0, 0.05) is 0 Å². The van der Waals surface area contributed by atoms with Crippen LogP contribution in [0.4, 0.5) is 0 Å². The molecule has 8 heavy (non-hydrogen) atoms. The van der Waals surface area contributed by atoms with Crippen molar-refractivity contribution in [1.29, 1.82) is 0 Å². The van der Waals surface area contributed by atoms with Gasteiger partial charge in [-0.05, 0) is 16.3 Å². The first-order valence-electron chi connectivity index (χ1n) is 1.92. The molecule has 46 valence electrons. The van der Waals surface area contributed by atoms with E-state index in [2.05, 4.69) is 10.2 Å². The number of carbonyl (C=O) groups is 1. The summed E-state index contributed by atoms with van der Waals surface area (Å²) in [5, 5.41) is 12.8. The number of nitrogens with one attached hydrogen (secondary N) is 1. The monoisotopic (exact) mass is 134 g/mol. The summed E-state index contributed by atoms with van der Waals surface area (Å²) in [6.07, 6.45) is 0. The third-order valence-electron chi connectivity index (χ3n) is 0.610. The minimum Gasteiger partial charge on any atom is -0.410 e. The molecule has 1 amide bonds. The number of amides is 1. The third-order valence-corrected chi connectivity index (χ3v) is 0.872. The molecule has 0 aromatic carbocycles. The van der Waals surface area contributed by atoms with Gasteiger partial charge in [0.25, 0.3) is 5.91 Å². The van der Waals surface area contributed by atoms with Gasteiger partial charge in [0.2, 0.25) is 0 Å². The van der Waals surface area contributed by atoms with Crippen LogP contribution in [-0.4, -0.2) is 16.8 Å². The predicted octanol–water partition coefficient (Wildman–Crippen LogP) is -0.257. The van der Waals surface area contributed by atoms with Gasteiger partial charge in [-0.3, -0.25) is 4.79 Å². The SMILES string of the molecule is C/C(=N\O)C(=O)NP. The lowest BCUT2D eigenvalue weighted by molar-refractivity contribution is -0.113. The number of rotatable bonds is 1. The van der Waals surface area contributed by atoms with Gasteiger partial charge >= 0.3 is 0 Å². The Morgan fingerprint density at radius 1 is 1.88 bits per heavy atom. The van der Waals surface area contributed by atoms with Crippen molar-refractivity contribution in [2.45, 2.75) is 6.92 Å². The van der Waals surface area contributed by atoms with Crippen molar-refractivity contribution in [3.8, 4) is 0 Å². The zero-order valence-corrected chi connectivity index (χ0v) is 5.53. The molecule has 0 heterocycles. The summed E-state index contributed by atoms with van der Waals surface area (Å²) < 4.78 is 0. The van der Waals surface area contributed by atoms with Crippen molar-refractivity contribution < 1.29 is 10.0 Å². The Hall–Kier alpha value is -0.630. The van der Waals surface area contributed by atoms with Gasteiger partial charge in [-0.25, -0.2) is 0 Å². The molecule has 0 fully saturated rings. The lowest BCUT2D eigenvalue weighted by Crippen LogP contribution is -2.20. The van der Waals surface area contributed by atoms with Crippen LogP contribution >= 0.6 is 9.39 Å². The minimum atomic E-state index is -0.405. The lowest BCUT2D eigenvalue weighted by Gasteiger charge is -1.91. The Labute approximate surface area is 49.2 Å². The van der Waals surface area contributed by atoms with Gasteiger partial charge in [-0.2, -0.15) is 0 Å². The second-order valence-electron chi connectivity index (χ2n) is 1.16. The van der Waals surface area contributed by atoms with Crippen LogP contribution in [0.3, 0.4) is 0 Å². The van der Waals surface area contributed by atoms with Crippen LogP contribution in [0.1, 0.15) is 6.92 Å². The number of oxime groups is 1. The summed E-state index contributed by atoms with van der Waals surface area (Å²) >= 11 is 0. The van der Waals surface area contributed by atoms with Gasteiger partial charge in [0.15, 0.2) is 0 Å². The van der Waals surface area contributed by atoms with Crippen molar-refractivity contribution in [2.24, 2.45) is 5.16 Å². The molecule has 2 N–H and O–H groups in total. The van der Waals surface area contributed by atoms with Crippen LogP contribution in [0.25, 0.3) is 0 Å². The molecule has 0 aromatic heterocycles. The molecule has 0 saturated carbocycles. The van der Waals surface area contributed by atoms with E-state index in [1.807, 2.05) is 9.39 Å². The predicted molar refractivity (Wildman–Crippen MR) is 32.7 cm³/mol. The largest absolute Gasteiger partial charge is 0.410 e. The van der Waals surface area contributed by atoms with Gasteiger partial charge < -0.3 is 10.3 Å². The molecule has 1 unspecified atom stereocenters. The average molecular weight is 134 g/mol. The van der Waals surface area contributed by atoms with E-state index < -0.39 is 5.91 Å². The highest BCUT2D eigenvalue weighted by Crippen LogP contribution is 1.76. The molecule has 5 heteroatoms. The smallest absolute Gasteiger partial charge is 0.271 e. The topological polar surface area (TPSA) is 61.7 Å². The van der Waals surface area contributed by atoms with Gasteiger partial charge in [0.05, 0.1) is 0 Å². The fraction of sp³-hybridized carbons (Fsp3) is 0.333. The van der Waals surface area contributed by atoms with E-state index in [-0.39, 0.29) is 5.71 Å². The van der Waals surface area contributed by atoms with Crippen LogP contribution in [-0.2, 0) is 4.79 Å². The molecule has 0 spiro atoms. The van der Waals surface area contributed by atoms with E-state index in [0.717, 1.165) is 0 Å². The first-order chi connectivity index (χ1) is 3.72. The maximum absolute atomic E-state index is 10.3. The molecule has 0 aliphatic rings. The summed E-state index contributed by atoms with van der Waals surface area (Å²) in [7, 11) is 2.00. The van der Waals surface area contributed by atoms with Crippen molar-refractivity contribution >= 4 is 21.0 Å². The summed E-state index contributed by atoms with van der Waals surface area (Å²) in [4.78, 5) is 10.3. The Morgan fingerprint density at radius 2 is 2.38 bits per heavy atom. The van der Waals surface area contributed by atoms with Gasteiger partial charge in [0.1, 0.15) is 5.71 Å². The van der Waals surface area contributed by atoms with Crippen LogP contribution in [0.5, 0.6) is 0 Å². The second-order valence-corrected chi connectivity index (χ2v) is 1.45. The molecule has 0 aliphatic heterocycles. The molecule has 0 rings (SSSR count). The fourth-order valence-electron chi connectivity index (χ4n) is 0.150. The van der Waals surface area contributed by atoms with E-state index in [0.29, 0.717) is 0 Å². The molecule has 0 aromatic rings. The standard InChI is InChI=1S/C3H7N2O2P/c1-2(4-7)3(6)5-8/h7H,8H2,1H3,(H,5,6)/b4-2+. The van der Waals surface area contributed by atoms with Gasteiger partial charge in [-0.1, -0.05) is 5.16 Å². The summed E-state index contributed by atoms with van der Waals surface area (Å²) in [6, 6.07) is 0. The van der Waals surface area contributed by atoms with Crippen LogP contribution < -0.4 is 5.09 Å². The highest BCUT2D eigenvalue weighted by atomic mass is 31.0. The molecule has 0 radical (unpaired) electrons. The Balaban J connectivity index is 3.83. The van der Waals surface area contributed by atoms with E-state index in [1.54, 1.807) is 0 Å². The maximum Gasteiger partial charge on any atom is 0.271 e. The molecular weight excluding hydrogens is 127 g/mol. The van der Waals surface area contributed by atoms with E-state index in [1.165, 1.54) is 6.92 Å². The summed E-state index contributed by atoms with van der Waals surface area (Å²) in [5.41, 5.74) is 0.0417. The fourth-order valence-corrected chi connectivity index (χ4v) is 0.359. The van der Waals surface area contributed by atoms with E-state index in [9.17, 15) is 4.79 Å². The Morgan fingerprint density at radius 3 is 2.50 bits per heavy atom. The highest BCUT2D eigenvalue weighted by Gasteiger charge is 1.99. The first-order valence-corrected chi connectivity index (χ1v) is 2.49. The second kappa shape index (κ2) is 3.38. The summed E-state index contributed by atoms with van der Waals surface area (Å²) in [5.74, 6) is -0.405. The first kappa shape index (κ1) is 7.37. The zero-order valence-electron chi connectivity index (χ0n) is 4.38. The molecule has 1 atom stereocenters. The van der Waals surface area contributed by atoms with Crippen LogP contribution in [0.2, 0.25) is 0 Å². The van der Waals surface area contributed by atoms with E-state index >= 15 is 0 Å². The minimum absolute atomic E-state index is 0.0417. The molecule has 0 aliphatic carbocycles. The molecule has 0 bridgehead atoms. The van der Waals surface area contributed by atoms with Crippen molar-refractivity contribution in [3.05, 3.63) is 0 Å². The van der Waals surface area contributed by atoms with Gasteiger partial charge in [-0.15, -0.1) is 0 Å².